The van der Waals surface area contributed by atoms with E-state index in [1.165, 1.54) is 65.1 Å². The van der Waals surface area contributed by atoms with Crippen molar-refractivity contribution in [3.8, 4) is 0 Å². The minimum atomic E-state index is 0.958. The molecule has 0 radical (unpaired) electrons. The topological polar surface area (TPSA) is 30.5 Å². The van der Waals surface area contributed by atoms with E-state index in [-0.39, 0.29) is 0 Å². The average molecular weight is 226 g/mol. The minimum absolute atomic E-state index is 0.958. The van der Waals surface area contributed by atoms with Crippen LogP contribution in [-0.4, -0.2) is 62.8 Å². The summed E-state index contributed by atoms with van der Waals surface area (Å²) in [6, 6.07) is 0. The van der Waals surface area contributed by atoms with E-state index in [1.54, 1.807) is 0 Å². The number of piperidine rings is 1. The zero-order valence-corrected chi connectivity index (χ0v) is 10.5. The Labute approximate surface area is 99.3 Å². The van der Waals surface area contributed by atoms with Gasteiger partial charge in [-0.25, -0.2) is 5.01 Å². The zero-order valence-electron chi connectivity index (χ0n) is 10.5. The van der Waals surface area contributed by atoms with Gasteiger partial charge >= 0.3 is 0 Å². The third kappa shape index (κ3) is 3.70. The first-order valence-corrected chi connectivity index (χ1v) is 6.74. The molecule has 0 aromatic heterocycles. The lowest BCUT2D eigenvalue weighted by atomic mass is 9.94. The van der Waals surface area contributed by atoms with Gasteiger partial charge in [-0.3, -0.25) is 5.43 Å². The molecule has 4 nitrogen and oxygen atoms in total. The van der Waals surface area contributed by atoms with E-state index in [0.29, 0.717) is 0 Å². The van der Waals surface area contributed by atoms with Gasteiger partial charge < -0.3 is 10.2 Å². The second kappa shape index (κ2) is 6.55. The lowest BCUT2D eigenvalue weighted by Crippen LogP contribution is -2.45. The van der Waals surface area contributed by atoms with E-state index in [1.807, 2.05) is 7.05 Å². The quantitative estimate of drug-likeness (QED) is 0.713. The number of nitrogens with one attached hydrogen (secondary N) is 2. The first kappa shape index (κ1) is 12.3. The van der Waals surface area contributed by atoms with Crippen LogP contribution >= 0.6 is 0 Å². The molecule has 0 atom stereocenters. The van der Waals surface area contributed by atoms with Crippen molar-refractivity contribution in [1.29, 1.82) is 0 Å². The predicted molar refractivity (Wildman–Crippen MR) is 67.3 cm³/mol. The van der Waals surface area contributed by atoms with Crippen molar-refractivity contribution >= 4 is 0 Å². The third-order valence-electron chi connectivity index (χ3n) is 3.99. The highest BCUT2D eigenvalue weighted by Gasteiger charge is 2.19. The van der Waals surface area contributed by atoms with E-state index < -0.39 is 0 Å². The molecule has 2 aliphatic heterocycles. The summed E-state index contributed by atoms with van der Waals surface area (Å²) in [7, 11) is 2.03. The van der Waals surface area contributed by atoms with Crippen LogP contribution in [0.15, 0.2) is 0 Å². The molecular formula is C12H26N4. The van der Waals surface area contributed by atoms with Crippen LogP contribution in [0, 0.1) is 5.92 Å². The Morgan fingerprint density at radius 3 is 2.44 bits per heavy atom. The standard InChI is InChI=1S/C12H26N4/c1-13-16-8-3-12(4-9-16)2-7-15-10-5-14-6-11-15/h12-14H,2-11H2,1H3. The molecule has 0 bridgehead atoms. The van der Waals surface area contributed by atoms with Gasteiger partial charge in [-0.1, -0.05) is 0 Å². The molecule has 0 saturated carbocycles. The van der Waals surface area contributed by atoms with Crippen LogP contribution in [0.2, 0.25) is 0 Å². The van der Waals surface area contributed by atoms with Crippen molar-refractivity contribution in [2.75, 3.05) is 52.9 Å². The van der Waals surface area contributed by atoms with E-state index in [4.69, 9.17) is 0 Å². The Morgan fingerprint density at radius 1 is 1.12 bits per heavy atom. The third-order valence-corrected chi connectivity index (χ3v) is 3.99. The van der Waals surface area contributed by atoms with Crippen LogP contribution in [0.3, 0.4) is 0 Å². The number of rotatable bonds is 4. The van der Waals surface area contributed by atoms with Crippen LogP contribution in [0.4, 0.5) is 0 Å². The fraction of sp³-hybridized carbons (Fsp3) is 1.00. The summed E-state index contributed by atoms with van der Waals surface area (Å²) < 4.78 is 0. The van der Waals surface area contributed by atoms with E-state index in [0.717, 1.165) is 5.92 Å². The van der Waals surface area contributed by atoms with Gasteiger partial charge in [0, 0.05) is 39.3 Å². The maximum atomic E-state index is 3.41. The van der Waals surface area contributed by atoms with Crippen molar-refractivity contribution in [2.24, 2.45) is 5.92 Å². The van der Waals surface area contributed by atoms with Crippen molar-refractivity contribution in [2.45, 2.75) is 19.3 Å². The number of piperazine rings is 1. The molecule has 0 unspecified atom stereocenters. The SMILES string of the molecule is CNN1CCC(CCN2CCNCC2)CC1. The summed E-state index contributed by atoms with van der Waals surface area (Å²) in [5.41, 5.74) is 3.24. The molecule has 2 saturated heterocycles. The normalized spacial score (nSPS) is 26.1. The van der Waals surface area contributed by atoms with Gasteiger partial charge in [-0.05, 0) is 38.8 Å². The number of nitrogens with zero attached hydrogens (tertiary/aromatic N) is 2. The maximum absolute atomic E-state index is 3.41. The number of hydrogen-bond acceptors (Lipinski definition) is 4. The molecule has 2 aliphatic rings. The molecule has 0 aromatic carbocycles. The summed E-state index contributed by atoms with van der Waals surface area (Å²) >= 11 is 0. The smallest absolute Gasteiger partial charge is 0.0133 e. The Balaban J connectivity index is 1.59. The highest BCUT2D eigenvalue weighted by molar-refractivity contribution is 4.73. The van der Waals surface area contributed by atoms with Gasteiger partial charge in [0.25, 0.3) is 0 Å². The van der Waals surface area contributed by atoms with Crippen LogP contribution in [-0.2, 0) is 0 Å². The van der Waals surface area contributed by atoms with Gasteiger partial charge in [0.05, 0.1) is 0 Å². The molecule has 2 heterocycles. The van der Waals surface area contributed by atoms with Gasteiger partial charge in [0.1, 0.15) is 0 Å². The van der Waals surface area contributed by atoms with Gasteiger partial charge in [-0.15, -0.1) is 0 Å². The van der Waals surface area contributed by atoms with Crippen molar-refractivity contribution in [3.63, 3.8) is 0 Å². The van der Waals surface area contributed by atoms with Crippen LogP contribution in [0.25, 0.3) is 0 Å². The molecule has 2 fully saturated rings. The van der Waals surface area contributed by atoms with Crippen molar-refractivity contribution < 1.29 is 0 Å². The molecule has 4 heteroatoms. The highest BCUT2D eigenvalue weighted by Crippen LogP contribution is 2.19. The summed E-state index contributed by atoms with van der Waals surface area (Å²) in [6.45, 7) is 8.61. The lowest BCUT2D eigenvalue weighted by molar-refractivity contribution is 0.124. The summed E-state index contributed by atoms with van der Waals surface area (Å²) in [4.78, 5) is 2.61. The second-order valence-corrected chi connectivity index (χ2v) is 5.03. The fourth-order valence-electron chi connectivity index (χ4n) is 2.75. The first-order chi connectivity index (χ1) is 7.88. The Bertz CT molecular complexity index is 183. The van der Waals surface area contributed by atoms with Gasteiger partial charge in [-0.2, -0.15) is 0 Å². The summed E-state index contributed by atoms with van der Waals surface area (Å²) in [6.07, 6.45) is 4.14. The van der Waals surface area contributed by atoms with Crippen LogP contribution in [0.5, 0.6) is 0 Å². The van der Waals surface area contributed by atoms with E-state index >= 15 is 0 Å². The molecule has 0 amide bonds. The summed E-state index contributed by atoms with van der Waals surface area (Å²) in [5, 5.41) is 5.74. The molecule has 2 N–H and O–H groups in total. The van der Waals surface area contributed by atoms with Gasteiger partial charge in [0.15, 0.2) is 0 Å². The van der Waals surface area contributed by atoms with E-state index in [9.17, 15) is 0 Å². The van der Waals surface area contributed by atoms with Crippen molar-refractivity contribution in [3.05, 3.63) is 0 Å². The maximum Gasteiger partial charge on any atom is 0.0133 e. The fourth-order valence-corrected chi connectivity index (χ4v) is 2.75. The van der Waals surface area contributed by atoms with Crippen molar-refractivity contribution in [1.82, 2.24) is 20.7 Å². The van der Waals surface area contributed by atoms with Gasteiger partial charge in [0.2, 0.25) is 0 Å². The molecule has 16 heavy (non-hydrogen) atoms. The van der Waals surface area contributed by atoms with Crippen LogP contribution < -0.4 is 10.7 Å². The predicted octanol–water partition coefficient (Wildman–Crippen LogP) is 0.128. The molecule has 0 aromatic rings. The number of hydrazine groups is 1. The van der Waals surface area contributed by atoms with E-state index in [2.05, 4.69) is 20.7 Å². The van der Waals surface area contributed by atoms with Crippen LogP contribution in [0.1, 0.15) is 19.3 Å². The Morgan fingerprint density at radius 2 is 1.81 bits per heavy atom. The lowest BCUT2D eigenvalue weighted by Gasteiger charge is -2.33. The molecular weight excluding hydrogens is 200 g/mol. The minimum Gasteiger partial charge on any atom is -0.314 e. The second-order valence-electron chi connectivity index (χ2n) is 5.03. The molecule has 2 rings (SSSR count). The molecule has 94 valence electrons. The zero-order chi connectivity index (χ0) is 11.2. The molecule has 0 aliphatic carbocycles. The Kier molecular flexibility index (Phi) is 5.03. The number of hydrogen-bond donors (Lipinski definition) is 2. The highest BCUT2D eigenvalue weighted by atomic mass is 15.5. The largest absolute Gasteiger partial charge is 0.314 e. The first-order valence-electron chi connectivity index (χ1n) is 6.74. The summed E-state index contributed by atoms with van der Waals surface area (Å²) in [5.74, 6) is 0.958. The Hall–Kier alpha value is -0.160. The average Bonchev–Trinajstić information content (AvgIpc) is 2.38. The molecule has 0 spiro atoms. The monoisotopic (exact) mass is 226 g/mol.